The van der Waals surface area contributed by atoms with Gasteiger partial charge < -0.3 is 4.74 Å². The Kier molecular flexibility index (Phi) is 6.04. The van der Waals surface area contributed by atoms with Crippen LogP contribution in [0.4, 0.5) is 0 Å². The Morgan fingerprint density at radius 3 is 2.47 bits per heavy atom. The number of esters is 1. The fraction of sp³-hybridized carbons (Fsp3) is 0.214. The molecule has 0 saturated heterocycles. The van der Waals surface area contributed by atoms with Gasteiger partial charge in [-0.1, -0.05) is 66.7 Å². The van der Waals surface area contributed by atoms with Gasteiger partial charge in [0, 0.05) is 18.4 Å². The van der Waals surface area contributed by atoms with Crippen LogP contribution >= 0.6 is 0 Å². The second-order valence-electron chi connectivity index (χ2n) is 8.47. The highest BCUT2D eigenvalue weighted by Crippen LogP contribution is 2.36. The highest BCUT2D eigenvalue weighted by Gasteiger charge is 2.23. The second-order valence-corrected chi connectivity index (χ2v) is 8.47. The average Bonchev–Trinajstić information content (AvgIpc) is 3.51. The monoisotopic (exact) mass is 452 g/mol. The molecule has 170 valence electrons. The molecule has 0 fully saturated rings. The van der Waals surface area contributed by atoms with Gasteiger partial charge in [-0.15, -0.1) is 0 Å². The number of amides is 1. The number of carbonyl (C=O) groups excluding carboxylic acids is 3. The number of benzene rings is 3. The summed E-state index contributed by atoms with van der Waals surface area (Å²) < 4.78 is 5.16. The number of hydrogen-bond donors (Lipinski definition) is 0. The van der Waals surface area contributed by atoms with E-state index in [-0.39, 0.29) is 31.1 Å². The van der Waals surface area contributed by atoms with Crippen molar-refractivity contribution in [2.45, 2.75) is 25.7 Å². The quantitative estimate of drug-likeness (QED) is 0.308. The minimum atomic E-state index is -0.570. The number of ketones is 1. The number of hydrogen-bond acceptors (Lipinski definition) is 5. The van der Waals surface area contributed by atoms with Crippen LogP contribution in [0.3, 0.4) is 0 Å². The van der Waals surface area contributed by atoms with Crippen molar-refractivity contribution in [1.29, 1.82) is 0 Å². The van der Waals surface area contributed by atoms with Crippen molar-refractivity contribution >= 4 is 23.4 Å². The molecule has 34 heavy (non-hydrogen) atoms. The van der Waals surface area contributed by atoms with Crippen LogP contribution in [0.25, 0.3) is 11.1 Å². The summed E-state index contributed by atoms with van der Waals surface area (Å²) in [6, 6.07) is 23.5. The molecule has 6 nitrogen and oxygen atoms in total. The molecule has 3 aromatic rings. The van der Waals surface area contributed by atoms with Gasteiger partial charge in [0.05, 0.1) is 18.7 Å². The maximum Gasteiger partial charge on any atom is 0.306 e. The number of nitrogens with zero attached hydrogens (tertiary/aromatic N) is 2. The van der Waals surface area contributed by atoms with Crippen LogP contribution in [0, 0.1) is 0 Å². The second kappa shape index (κ2) is 9.43. The molecule has 1 amide bonds. The maximum atomic E-state index is 12.6. The molecule has 0 aromatic heterocycles. The maximum absolute atomic E-state index is 12.6. The molecule has 1 aliphatic carbocycles. The minimum absolute atomic E-state index is 0.00573. The Balaban J connectivity index is 1.12. The molecule has 0 atom stereocenters. The first-order chi connectivity index (χ1) is 16.6. The lowest BCUT2D eigenvalue weighted by Crippen LogP contribution is -2.24. The van der Waals surface area contributed by atoms with Crippen molar-refractivity contribution in [2.75, 3.05) is 13.2 Å². The number of carbonyl (C=O) groups is 3. The van der Waals surface area contributed by atoms with Crippen LogP contribution in [0.1, 0.15) is 46.3 Å². The summed E-state index contributed by atoms with van der Waals surface area (Å²) >= 11 is 0. The van der Waals surface area contributed by atoms with Gasteiger partial charge in [0.1, 0.15) is 0 Å². The summed E-state index contributed by atoms with van der Waals surface area (Å²) in [5.41, 5.74) is 7.00. The molecule has 1 aliphatic heterocycles. The number of rotatable bonds is 7. The molecule has 0 N–H and O–H groups in total. The molecule has 5 rings (SSSR count). The summed E-state index contributed by atoms with van der Waals surface area (Å²) in [7, 11) is 0. The van der Waals surface area contributed by atoms with E-state index in [1.54, 1.807) is 6.07 Å². The molecule has 3 aromatic carbocycles. The predicted molar refractivity (Wildman–Crippen MR) is 129 cm³/mol. The average molecular weight is 453 g/mol. The van der Waals surface area contributed by atoms with Crippen LogP contribution < -0.4 is 0 Å². The third-order valence-corrected chi connectivity index (χ3v) is 6.22. The molecule has 0 radical (unpaired) electrons. The molecule has 0 bridgehead atoms. The van der Waals surface area contributed by atoms with E-state index < -0.39 is 5.97 Å². The number of fused-ring (bicyclic) bond motifs is 3. The minimum Gasteiger partial charge on any atom is -0.457 e. The van der Waals surface area contributed by atoms with Crippen molar-refractivity contribution in [3.8, 4) is 11.1 Å². The molecule has 6 heteroatoms. The van der Waals surface area contributed by atoms with Crippen LogP contribution in [0.5, 0.6) is 0 Å². The predicted octanol–water partition coefficient (Wildman–Crippen LogP) is 4.40. The van der Waals surface area contributed by atoms with E-state index in [1.807, 2.05) is 54.6 Å². The largest absolute Gasteiger partial charge is 0.457 e. The third kappa shape index (κ3) is 4.53. The molecule has 0 spiro atoms. The summed E-state index contributed by atoms with van der Waals surface area (Å²) in [6.45, 7) is 0.158. The van der Waals surface area contributed by atoms with Crippen molar-refractivity contribution in [2.24, 2.45) is 5.10 Å². The SMILES string of the molecule is O=C(CCC(=O)N1CCC(c2ccccc2)=N1)OCC(=O)c1ccc2c(c1)-c1ccccc1C2. The molecular weight excluding hydrogens is 428 g/mol. The molecular formula is C28H24N2O4. The highest BCUT2D eigenvalue weighted by atomic mass is 16.5. The zero-order valence-corrected chi connectivity index (χ0v) is 18.7. The standard InChI is InChI=1S/C28H24N2O4/c31-26(22-11-10-21-16-20-8-4-5-9-23(20)24(21)17-22)18-34-28(33)13-12-27(32)30-15-14-25(29-30)19-6-2-1-3-7-19/h1-11,17H,12-16,18H2. The molecule has 0 saturated carbocycles. The van der Waals surface area contributed by atoms with E-state index in [9.17, 15) is 14.4 Å². The zero-order valence-electron chi connectivity index (χ0n) is 18.7. The van der Waals surface area contributed by atoms with Crippen molar-refractivity contribution in [3.63, 3.8) is 0 Å². The first kappa shape index (κ1) is 21.8. The summed E-state index contributed by atoms with van der Waals surface area (Å²) in [5.74, 6) is -1.06. The smallest absolute Gasteiger partial charge is 0.306 e. The Morgan fingerprint density at radius 2 is 1.62 bits per heavy atom. The molecule has 0 unspecified atom stereocenters. The van der Waals surface area contributed by atoms with E-state index in [2.05, 4.69) is 17.2 Å². The third-order valence-electron chi connectivity index (χ3n) is 6.22. The van der Waals surface area contributed by atoms with E-state index >= 15 is 0 Å². The molecule has 1 heterocycles. The van der Waals surface area contributed by atoms with Crippen molar-refractivity contribution in [1.82, 2.24) is 5.01 Å². The van der Waals surface area contributed by atoms with Gasteiger partial charge in [-0.25, -0.2) is 5.01 Å². The van der Waals surface area contributed by atoms with Gasteiger partial charge in [0.2, 0.25) is 5.91 Å². The number of Topliss-reactive ketones (excluding diaryl/α,β-unsaturated/α-hetero) is 1. The number of hydrazone groups is 1. The van der Waals surface area contributed by atoms with Crippen LogP contribution in [0.2, 0.25) is 0 Å². The lowest BCUT2D eigenvalue weighted by Gasteiger charge is -2.11. The Morgan fingerprint density at radius 1 is 0.853 bits per heavy atom. The Hall–Kier alpha value is -4.06. The number of ether oxygens (including phenoxy) is 1. The zero-order chi connectivity index (χ0) is 23.5. The first-order valence-electron chi connectivity index (χ1n) is 11.4. The van der Waals surface area contributed by atoms with E-state index in [0.717, 1.165) is 28.8 Å². The van der Waals surface area contributed by atoms with Crippen molar-refractivity contribution < 1.29 is 19.1 Å². The van der Waals surface area contributed by atoms with Gasteiger partial charge in [-0.3, -0.25) is 14.4 Å². The van der Waals surface area contributed by atoms with Gasteiger partial charge in [0.25, 0.3) is 0 Å². The summed E-state index contributed by atoms with van der Waals surface area (Å²) in [5, 5.41) is 5.79. The van der Waals surface area contributed by atoms with E-state index in [1.165, 1.54) is 16.1 Å². The Bertz CT molecular complexity index is 1300. The van der Waals surface area contributed by atoms with Gasteiger partial charge in [0.15, 0.2) is 12.4 Å². The van der Waals surface area contributed by atoms with Gasteiger partial charge >= 0.3 is 5.97 Å². The lowest BCUT2D eigenvalue weighted by atomic mass is 10.0. The summed E-state index contributed by atoms with van der Waals surface area (Å²) in [6.07, 6.45) is 1.45. The van der Waals surface area contributed by atoms with Crippen LogP contribution in [-0.2, 0) is 20.7 Å². The molecule has 2 aliphatic rings. The lowest BCUT2D eigenvalue weighted by molar-refractivity contribution is -0.145. The van der Waals surface area contributed by atoms with Crippen molar-refractivity contribution in [3.05, 3.63) is 95.1 Å². The fourth-order valence-electron chi connectivity index (χ4n) is 4.41. The van der Waals surface area contributed by atoms with E-state index in [4.69, 9.17) is 4.74 Å². The Labute approximate surface area is 197 Å². The van der Waals surface area contributed by atoms with E-state index in [0.29, 0.717) is 18.5 Å². The fourth-order valence-corrected chi connectivity index (χ4v) is 4.41. The van der Waals surface area contributed by atoms with Gasteiger partial charge in [-0.05, 0) is 40.3 Å². The summed E-state index contributed by atoms with van der Waals surface area (Å²) in [4.78, 5) is 37.2. The van der Waals surface area contributed by atoms with Crippen LogP contribution in [-0.4, -0.2) is 41.5 Å². The first-order valence-corrected chi connectivity index (χ1v) is 11.4. The van der Waals surface area contributed by atoms with Gasteiger partial charge in [-0.2, -0.15) is 5.10 Å². The normalized spacial score (nSPS) is 13.8. The van der Waals surface area contributed by atoms with Crippen LogP contribution in [0.15, 0.2) is 77.9 Å². The highest BCUT2D eigenvalue weighted by molar-refractivity contribution is 6.03. The topological polar surface area (TPSA) is 76.0 Å².